The standard InChI is InChI=1S/C10H15N3O2/c1-11-9-7-12-4-3-8(9)10(14)13-5-6-15-2/h3-4,7,11H,5-6H2,1-2H3,(H,13,14). The Bertz CT molecular complexity index is 328. The number of nitrogens with zero attached hydrogens (tertiary/aromatic N) is 1. The highest BCUT2D eigenvalue weighted by Gasteiger charge is 2.08. The van der Waals surface area contributed by atoms with Crippen molar-refractivity contribution < 1.29 is 9.53 Å². The van der Waals surface area contributed by atoms with E-state index in [9.17, 15) is 4.79 Å². The summed E-state index contributed by atoms with van der Waals surface area (Å²) in [4.78, 5) is 15.6. The van der Waals surface area contributed by atoms with E-state index in [0.29, 0.717) is 24.4 Å². The van der Waals surface area contributed by atoms with E-state index in [1.54, 1.807) is 32.6 Å². The number of hydrogen-bond donors (Lipinski definition) is 2. The summed E-state index contributed by atoms with van der Waals surface area (Å²) in [7, 11) is 3.35. The number of carbonyl (C=O) groups excluding carboxylic acids is 1. The van der Waals surface area contributed by atoms with Gasteiger partial charge in [0.2, 0.25) is 0 Å². The number of pyridine rings is 1. The lowest BCUT2D eigenvalue weighted by Crippen LogP contribution is -2.27. The zero-order valence-corrected chi connectivity index (χ0v) is 8.91. The van der Waals surface area contributed by atoms with Gasteiger partial charge >= 0.3 is 0 Å². The van der Waals surface area contributed by atoms with E-state index < -0.39 is 0 Å². The number of amides is 1. The van der Waals surface area contributed by atoms with Gasteiger partial charge < -0.3 is 15.4 Å². The van der Waals surface area contributed by atoms with Gasteiger partial charge in [-0.3, -0.25) is 9.78 Å². The predicted molar refractivity (Wildman–Crippen MR) is 58.0 cm³/mol. The van der Waals surface area contributed by atoms with Gasteiger partial charge in [-0.1, -0.05) is 0 Å². The van der Waals surface area contributed by atoms with Crippen LogP contribution in [0, 0.1) is 0 Å². The third kappa shape index (κ3) is 3.21. The Labute approximate surface area is 88.9 Å². The van der Waals surface area contributed by atoms with Crippen molar-refractivity contribution in [2.75, 3.05) is 32.6 Å². The molecule has 1 heterocycles. The lowest BCUT2D eigenvalue weighted by Gasteiger charge is -2.08. The Kier molecular flexibility index (Phi) is 4.56. The Morgan fingerprint density at radius 1 is 1.60 bits per heavy atom. The number of anilines is 1. The summed E-state index contributed by atoms with van der Waals surface area (Å²) in [5.41, 5.74) is 1.30. The van der Waals surface area contributed by atoms with E-state index in [1.165, 1.54) is 0 Å². The molecule has 0 bridgehead atoms. The highest BCUT2D eigenvalue weighted by molar-refractivity contribution is 5.99. The van der Waals surface area contributed by atoms with Gasteiger partial charge in [0.1, 0.15) is 0 Å². The molecule has 15 heavy (non-hydrogen) atoms. The molecule has 1 rings (SSSR count). The minimum absolute atomic E-state index is 0.126. The van der Waals surface area contributed by atoms with Crippen molar-refractivity contribution in [2.45, 2.75) is 0 Å². The monoisotopic (exact) mass is 209 g/mol. The van der Waals surface area contributed by atoms with Crippen LogP contribution in [0.25, 0.3) is 0 Å². The zero-order valence-electron chi connectivity index (χ0n) is 8.91. The lowest BCUT2D eigenvalue weighted by molar-refractivity contribution is 0.0938. The van der Waals surface area contributed by atoms with Gasteiger partial charge in [0.15, 0.2) is 0 Å². The highest BCUT2D eigenvalue weighted by atomic mass is 16.5. The quantitative estimate of drug-likeness (QED) is 0.693. The molecular weight excluding hydrogens is 194 g/mol. The molecule has 0 spiro atoms. The van der Waals surface area contributed by atoms with Crippen molar-refractivity contribution in [3.05, 3.63) is 24.0 Å². The molecule has 0 aliphatic heterocycles. The summed E-state index contributed by atoms with van der Waals surface area (Å²) >= 11 is 0. The minimum Gasteiger partial charge on any atom is -0.386 e. The first-order valence-corrected chi connectivity index (χ1v) is 4.68. The summed E-state index contributed by atoms with van der Waals surface area (Å²) in [6, 6.07) is 1.67. The van der Waals surface area contributed by atoms with Gasteiger partial charge in [0.05, 0.1) is 24.1 Å². The summed E-state index contributed by atoms with van der Waals surface area (Å²) in [5, 5.41) is 5.66. The van der Waals surface area contributed by atoms with Gasteiger partial charge in [0.25, 0.3) is 5.91 Å². The van der Waals surface area contributed by atoms with E-state index in [0.717, 1.165) is 0 Å². The van der Waals surface area contributed by atoms with Crippen molar-refractivity contribution in [1.29, 1.82) is 0 Å². The van der Waals surface area contributed by atoms with E-state index in [4.69, 9.17) is 4.74 Å². The Morgan fingerprint density at radius 3 is 3.07 bits per heavy atom. The maximum absolute atomic E-state index is 11.7. The number of carbonyl (C=O) groups is 1. The summed E-state index contributed by atoms with van der Waals surface area (Å²) < 4.78 is 4.84. The molecule has 0 aliphatic rings. The highest BCUT2D eigenvalue weighted by Crippen LogP contribution is 2.11. The first kappa shape index (κ1) is 11.5. The van der Waals surface area contributed by atoms with Crippen molar-refractivity contribution >= 4 is 11.6 Å². The van der Waals surface area contributed by atoms with Gasteiger partial charge in [-0.25, -0.2) is 0 Å². The fourth-order valence-electron chi connectivity index (χ4n) is 1.15. The molecule has 5 heteroatoms. The van der Waals surface area contributed by atoms with Crippen LogP contribution in [0.5, 0.6) is 0 Å². The maximum atomic E-state index is 11.7. The molecular formula is C10H15N3O2. The molecule has 0 saturated carbocycles. The average Bonchev–Trinajstić information content (AvgIpc) is 2.29. The number of methoxy groups -OCH3 is 1. The van der Waals surface area contributed by atoms with E-state index in [1.807, 2.05) is 0 Å². The number of aromatic nitrogens is 1. The zero-order chi connectivity index (χ0) is 11.1. The Hall–Kier alpha value is -1.62. The third-order valence-corrected chi connectivity index (χ3v) is 1.93. The molecule has 0 fully saturated rings. The van der Waals surface area contributed by atoms with E-state index in [2.05, 4.69) is 15.6 Å². The molecule has 1 aromatic heterocycles. The largest absolute Gasteiger partial charge is 0.386 e. The predicted octanol–water partition coefficient (Wildman–Crippen LogP) is 0.499. The fourth-order valence-corrected chi connectivity index (χ4v) is 1.15. The van der Waals surface area contributed by atoms with Crippen LogP contribution in [0.1, 0.15) is 10.4 Å². The second-order valence-electron chi connectivity index (χ2n) is 2.92. The Balaban J connectivity index is 2.64. The van der Waals surface area contributed by atoms with Crippen LogP contribution in [-0.2, 0) is 4.74 Å². The SMILES string of the molecule is CNc1cnccc1C(=O)NCCOC. The molecule has 0 saturated heterocycles. The summed E-state index contributed by atoms with van der Waals surface area (Å²) in [6.07, 6.45) is 3.21. The second-order valence-corrected chi connectivity index (χ2v) is 2.92. The molecule has 0 atom stereocenters. The van der Waals surface area contributed by atoms with Crippen molar-refractivity contribution in [3.8, 4) is 0 Å². The number of nitrogens with one attached hydrogen (secondary N) is 2. The number of hydrogen-bond acceptors (Lipinski definition) is 4. The second kappa shape index (κ2) is 5.98. The average molecular weight is 209 g/mol. The molecule has 5 nitrogen and oxygen atoms in total. The van der Waals surface area contributed by atoms with Gasteiger partial charge in [0, 0.05) is 26.9 Å². The van der Waals surface area contributed by atoms with Crippen LogP contribution in [-0.4, -0.2) is 38.2 Å². The first-order chi connectivity index (χ1) is 7.29. The van der Waals surface area contributed by atoms with Crippen LogP contribution in [0.3, 0.4) is 0 Å². The third-order valence-electron chi connectivity index (χ3n) is 1.93. The molecule has 0 unspecified atom stereocenters. The van der Waals surface area contributed by atoms with Gasteiger partial charge in [-0.05, 0) is 6.07 Å². The Morgan fingerprint density at radius 2 is 2.40 bits per heavy atom. The van der Waals surface area contributed by atoms with Crippen LogP contribution in [0.4, 0.5) is 5.69 Å². The molecule has 1 amide bonds. The first-order valence-electron chi connectivity index (χ1n) is 4.68. The van der Waals surface area contributed by atoms with E-state index in [-0.39, 0.29) is 5.91 Å². The van der Waals surface area contributed by atoms with E-state index >= 15 is 0 Å². The fraction of sp³-hybridized carbons (Fsp3) is 0.400. The smallest absolute Gasteiger partial charge is 0.253 e. The van der Waals surface area contributed by atoms with Crippen LogP contribution < -0.4 is 10.6 Å². The maximum Gasteiger partial charge on any atom is 0.253 e. The van der Waals surface area contributed by atoms with Crippen LogP contribution in [0.15, 0.2) is 18.5 Å². The molecule has 82 valence electrons. The molecule has 1 aromatic rings. The van der Waals surface area contributed by atoms with Crippen molar-refractivity contribution in [2.24, 2.45) is 0 Å². The number of ether oxygens (including phenoxy) is 1. The molecule has 0 aromatic carbocycles. The number of rotatable bonds is 5. The lowest BCUT2D eigenvalue weighted by atomic mass is 10.2. The topological polar surface area (TPSA) is 63.2 Å². The summed E-state index contributed by atoms with van der Waals surface area (Å²) in [6.45, 7) is 1.01. The molecule has 2 N–H and O–H groups in total. The van der Waals surface area contributed by atoms with Crippen LogP contribution >= 0.6 is 0 Å². The van der Waals surface area contributed by atoms with Crippen molar-refractivity contribution in [3.63, 3.8) is 0 Å². The van der Waals surface area contributed by atoms with Gasteiger partial charge in [-0.2, -0.15) is 0 Å². The molecule has 0 aliphatic carbocycles. The van der Waals surface area contributed by atoms with Crippen molar-refractivity contribution in [1.82, 2.24) is 10.3 Å². The molecule has 0 radical (unpaired) electrons. The normalized spacial score (nSPS) is 9.73. The minimum atomic E-state index is -0.126. The van der Waals surface area contributed by atoms with Gasteiger partial charge in [-0.15, -0.1) is 0 Å². The summed E-state index contributed by atoms with van der Waals surface area (Å²) in [5.74, 6) is -0.126. The van der Waals surface area contributed by atoms with Crippen LogP contribution in [0.2, 0.25) is 0 Å².